The fourth-order valence-corrected chi connectivity index (χ4v) is 9.72. The Labute approximate surface area is 100 Å². The third-order valence-electron chi connectivity index (χ3n) is 4.47. The van der Waals surface area contributed by atoms with Gasteiger partial charge < -0.3 is 9.13 Å². The molecule has 0 aromatic heterocycles. The average Bonchev–Trinajstić information content (AvgIpc) is 2.24. The summed E-state index contributed by atoms with van der Waals surface area (Å²) < 4.78 is 5.80. The summed E-state index contributed by atoms with van der Waals surface area (Å²) in [5, 5.41) is 0. The number of hydrogen-bond donors (Lipinski definition) is 0. The normalized spacial score (nSPS) is 17.2. The van der Waals surface area contributed by atoms with Gasteiger partial charge in [-0.05, 0) is 31.8 Å². The third-order valence-corrected chi connectivity index (χ3v) is 15.0. The molecular weight excluding hydrogens is 216 g/mol. The predicted molar refractivity (Wildman–Crippen MR) is 76.7 cm³/mol. The van der Waals surface area contributed by atoms with Crippen LogP contribution in [0.3, 0.4) is 0 Å². The van der Waals surface area contributed by atoms with E-state index in [2.05, 4.69) is 64.0 Å². The monoisotopic (exact) mass is 246 g/mol. The molecule has 2 nitrogen and oxygen atoms in total. The van der Waals surface area contributed by atoms with Crippen molar-refractivity contribution in [2.75, 3.05) is 27.2 Å². The highest BCUT2D eigenvalue weighted by Gasteiger charge is 2.37. The topological polar surface area (TPSA) is 6.48 Å². The van der Waals surface area contributed by atoms with Gasteiger partial charge in [0.15, 0.2) is 0 Å². The summed E-state index contributed by atoms with van der Waals surface area (Å²) in [5.74, 6) is 0. The molecule has 0 saturated heterocycles. The van der Waals surface area contributed by atoms with Gasteiger partial charge in [-0.1, -0.05) is 40.8 Å². The van der Waals surface area contributed by atoms with E-state index in [4.69, 9.17) is 0 Å². The Morgan fingerprint density at radius 2 is 1.13 bits per heavy atom. The molecule has 0 amide bonds. The lowest BCUT2D eigenvalue weighted by Crippen LogP contribution is -2.53. The molecule has 0 radical (unpaired) electrons. The van der Waals surface area contributed by atoms with E-state index in [-0.39, 0.29) is 0 Å². The number of nitrogens with zero attached hydrogens (tertiary/aromatic N) is 2. The van der Waals surface area contributed by atoms with E-state index >= 15 is 0 Å². The molecule has 0 saturated carbocycles. The summed E-state index contributed by atoms with van der Waals surface area (Å²) in [6, 6.07) is 0. The third kappa shape index (κ3) is 3.69. The first-order chi connectivity index (χ1) is 6.78. The zero-order valence-corrected chi connectivity index (χ0v) is 14.3. The van der Waals surface area contributed by atoms with Crippen molar-refractivity contribution in [3.8, 4) is 0 Å². The molecule has 92 valence electrons. The zero-order chi connectivity index (χ0) is 12.2. The van der Waals surface area contributed by atoms with Crippen molar-refractivity contribution in [3.63, 3.8) is 0 Å². The van der Waals surface area contributed by atoms with Crippen LogP contribution < -0.4 is 0 Å². The lowest BCUT2D eigenvalue weighted by Gasteiger charge is -2.43. The zero-order valence-electron chi connectivity index (χ0n) is 12.0. The minimum Gasteiger partial charge on any atom is -0.329 e. The van der Waals surface area contributed by atoms with E-state index in [1.165, 1.54) is 13.1 Å². The van der Waals surface area contributed by atoms with Crippen LogP contribution in [-0.2, 0) is 0 Å². The van der Waals surface area contributed by atoms with E-state index in [9.17, 15) is 0 Å². The van der Waals surface area contributed by atoms with Crippen LogP contribution in [-0.4, -0.2) is 54.2 Å². The fraction of sp³-hybridized carbons (Fsp3) is 1.00. The molecule has 0 bridgehead atoms. The molecule has 0 fully saturated rings. The van der Waals surface area contributed by atoms with Crippen LogP contribution in [0.25, 0.3) is 0 Å². The Balaban J connectivity index is 4.64. The highest BCUT2D eigenvalue weighted by atomic mass is 28.3. The first kappa shape index (κ1) is 15.4. The van der Waals surface area contributed by atoms with Gasteiger partial charge in [0.1, 0.15) is 17.9 Å². The number of hydrogen-bond acceptors (Lipinski definition) is 2. The van der Waals surface area contributed by atoms with Crippen molar-refractivity contribution in [2.24, 2.45) is 0 Å². The van der Waals surface area contributed by atoms with Crippen LogP contribution in [0.1, 0.15) is 27.7 Å². The maximum Gasteiger partial charge on any atom is 0.112 e. The van der Waals surface area contributed by atoms with Gasteiger partial charge in [-0.3, -0.25) is 0 Å². The Kier molecular flexibility index (Phi) is 6.32. The van der Waals surface area contributed by atoms with Crippen LogP contribution in [0.15, 0.2) is 0 Å². The molecule has 0 aromatic carbocycles. The molecule has 0 spiro atoms. The van der Waals surface area contributed by atoms with Gasteiger partial charge in [0, 0.05) is 0 Å². The number of rotatable bonds is 6. The Hall–Kier alpha value is 0.354. The standard InChI is InChI=1S/C11H30N2Si2/c1-9-12(5)14(7)11(3,4)15(8)13(6)10-2/h14-15H,9-10H2,1-8H3. The highest BCUT2D eigenvalue weighted by molar-refractivity contribution is 6.78. The quantitative estimate of drug-likeness (QED) is 0.661. The maximum absolute atomic E-state index is 2.60. The predicted octanol–water partition coefficient (Wildman–Crippen LogP) is 1.92. The van der Waals surface area contributed by atoms with Gasteiger partial charge in [-0.25, -0.2) is 0 Å². The second-order valence-corrected chi connectivity index (χ2v) is 13.4. The molecule has 0 aliphatic carbocycles. The highest BCUT2D eigenvalue weighted by Crippen LogP contribution is 2.33. The summed E-state index contributed by atoms with van der Waals surface area (Å²) in [6.07, 6.45) is 0. The summed E-state index contributed by atoms with van der Waals surface area (Å²) in [7, 11) is 3.03. The average molecular weight is 247 g/mol. The molecule has 15 heavy (non-hydrogen) atoms. The van der Waals surface area contributed by atoms with E-state index in [1.54, 1.807) is 0 Å². The van der Waals surface area contributed by atoms with Gasteiger partial charge in [0.25, 0.3) is 0 Å². The van der Waals surface area contributed by atoms with E-state index in [0.717, 1.165) is 0 Å². The van der Waals surface area contributed by atoms with Crippen molar-refractivity contribution in [3.05, 3.63) is 0 Å². The van der Waals surface area contributed by atoms with Gasteiger partial charge in [-0.2, -0.15) is 0 Å². The molecule has 0 rings (SSSR count). The Morgan fingerprint density at radius 1 is 0.867 bits per heavy atom. The lowest BCUT2D eigenvalue weighted by atomic mass is 10.5. The second-order valence-electron chi connectivity index (χ2n) is 5.32. The van der Waals surface area contributed by atoms with E-state index in [0.29, 0.717) is 4.66 Å². The smallest absolute Gasteiger partial charge is 0.112 e. The summed E-state index contributed by atoms with van der Waals surface area (Å²) in [5.41, 5.74) is 0. The Bertz CT molecular complexity index is 167. The molecular formula is C11H30N2Si2. The SMILES string of the molecule is CCN(C)[SiH](C)C(C)(C)[SiH](C)N(C)CC. The molecule has 0 aromatic rings. The van der Waals surface area contributed by atoms with Crippen LogP contribution in [0.2, 0.25) is 17.8 Å². The molecule has 2 unspecified atom stereocenters. The molecule has 0 aliphatic rings. The molecule has 0 N–H and O–H groups in total. The van der Waals surface area contributed by atoms with E-state index < -0.39 is 17.9 Å². The maximum atomic E-state index is 2.60. The lowest BCUT2D eigenvalue weighted by molar-refractivity contribution is 0.503. The van der Waals surface area contributed by atoms with Gasteiger partial charge in [0.2, 0.25) is 0 Å². The van der Waals surface area contributed by atoms with Gasteiger partial charge >= 0.3 is 0 Å². The summed E-state index contributed by atoms with van der Waals surface area (Å²) >= 11 is 0. The van der Waals surface area contributed by atoms with Crippen LogP contribution in [0.4, 0.5) is 0 Å². The van der Waals surface area contributed by atoms with Crippen molar-refractivity contribution in [1.82, 2.24) is 9.13 Å². The fourth-order valence-electron chi connectivity index (χ4n) is 2.03. The minimum absolute atomic E-state index is 0.593. The minimum atomic E-state index is -0.780. The Morgan fingerprint density at radius 3 is 1.33 bits per heavy atom. The van der Waals surface area contributed by atoms with Crippen LogP contribution in [0.5, 0.6) is 0 Å². The molecule has 4 heteroatoms. The summed E-state index contributed by atoms with van der Waals surface area (Å²) in [6.45, 7) is 17.0. The van der Waals surface area contributed by atoms with Gasteiger partial charge in [-0.15, -0.1) is 0 Å². The first-order valence-electron chi connectivity index (χ1n) is 6.19. The summed E-state index contributed by atoms with van der Waals surface area (Å²) in [4.78, 5) is 0. The molecule has 0 heterocycles. The van der Waals surface area contributed by atoms with Crippen molar-refractivity contribution in [2.45, 2.75) is 45.5 Å². The van der Waals surface area contributed by atoms with Crippen molar-refractivity contribution < 1.29 is 0 Å². The van der Waals surface area contributed by atoms with Crippen LogP contribution in [0, 0.1) is 0 Å². The van der Waals surface area contributed by atoms with Gasteiger partial charge in [0.05, 0.1) is 0 Å². The van der Waals surface area contributed by atoms with E-state index in [1.807, 2.05) is 0 Å². The molecule has 0 aliphatic heterocycles. The largest absolute Gasteiger partial charge is 0.329 e. The molecule has 2 atom stereocenters. The van der Waals surface area contributed by atoms with Crippen molar-refractivity contribution >= 4 is 17.9 Å². The first-order valence-corrected chi connectivity index (χ1v) is 10.7. The van der Waals surface area contributed by atoms with Crippen molar-refractivity contribution in [1.29, 1.82) is 0 Å². The second kappa shape index (κ2) is 6.18. The van der Waals surface area contributed by atoms with Crippen LogP contribution >= 0.6 is 0 Å².